The second-order valence-corrected chi connectivity index (χ2v) is 8.75. The number of sulfonamides is 1. The number of benzene rings is 2. The first-order valence-electron chi connectivity index (χ1n) is 8.61. The number of hydrogen-bond acceptors (Lipinski definition) is 4. The van der Waals surface area contributed by atoms with Gasteiger partial charge in [-0.25, -0.2) is 8.42 Å². The Kier molecular flexibility index (Phi) is 6.04. The highest BCUT2D eigenvalue weighted by molar-refractivity contribution is 7.89. The van der Waals surface area contributed by atoms with Crippen LogP contribution in [0.4, 0.5) is 5.69 Å². The highest BCUT2D eigenvalue weighted by Crippen LogP contribution is 2.26. The van der Waals surface area contributed by atoms with Crippen LogP contribution >= 0.6 is 11.6 Å². The van der Waals surface area contributed by atoms with Gasteiger partial charge in [0.15, 0.2) is 0 Å². The van der Waals surface area contributed by atoms with Gasteiger partial charge in [0.05, 0.1) is 17.9 Å². The number of nitrogens with one attached hydrogen (secondary N) is 1. The molecule has 0 unspecified atom stereocenters. The molecule has 1 saturated heterocycles. The van der Waals surface area contributed by atoms with E-state index < -0.39 is 15.9 Å². The maximum absolute atomic E-state index is 12.9. The quantitative estimate of drug-likeness (QED) is 0.822. The summed E-state index contributed by atoms with van der Waals surface area (Å²) in [5.74, 6) is -0.0241. The van der Waals surface area contributed by atoms with Gasteiger partial charge in [-0.1, -0.05) is 17.7 Å². The lowest BCUT2D eigenvalue weighted by atomic mass is 9.99. The number of carbonyl (C=O) groups is 1. The second-order valence-electron chi connectivity index (χ2n) is 6.38. The van der Waals surface area contributed by atoms with Crippen LogP contribution in [-0.4, -0.2) is 38.8 Å². The predicted molar refractivity (Wildman–Crippen MR) is 105 cm³/mol. The van der Waals surface area contributed by atoms with Crippen molar-refractivity contribution in [2.75, 3.05) is 25.5 Å². The topological polar surface area (TPSA) is 75.7 Å². The van der Waals surface area contributed by atoms with Gasteiger partial charge in [0.25, 0.3) is 0 Å². The summed E-state index contributed by atoms with van der Waals surface area (Å²) >= 11 is 5.94. The van der Waals surface area contributed by atoms with Gasteiger partial charge in [-0.05, 0) is 55.3 Å². The zero-order chi connectivity index (χ0) is 19.4. The number of carbonyl (C=O) groups excluding carboxylic acids is 1. The molecule has 2 aromatic carbocycles. The van der Waals surface area contributed by atoms with Crippen molar-refractivity contribution in [3.8, 4) is 5.75 Å². The van der Waals surface area contributed by atoms with E-state index in [1.54, 1.807) is 36.4 Å². The summed E-state index contributed by atoms with van der Waals surface area (Å²) in [4.78, 5) is 12.8. The number of anilines is 1. The molecular weight excluding hydrogens is 388 g/mol. The van der Waals surface area contributed by atoms with E-state index in [-0.39, 0.29) is 17.3 Å². The maximum atomic E-state index is 12.9. The summed E-state index contributed by atoms with van der Waals surface area (Å²) in [6.07, 6.45) is 1.27. The maximum Gasteiger partial charge on any atom is 0.243 e. The first-order valence-corrected chi connectivity index (χ1v) is 10.4. The fourth-order valence-electron chi connectivity index (χ4n) is 3.08. The molecule has 1 fully saturated rings. The van der Waals surface area contributed by atoms with Crippen molar-refractivity contribution in [2.24, 2.45) is 5.92 Å². The normalized spacial score (nSPS) is 18.1. The third kappa shape index (κ3) is 4.61. The highest BCUT2D eigenvalue weighted by atomic mass is 35.5. The van der Waals surface area contributed by atoms with Gasteiger partial charge in [0.1, 0.15) is 5.75 Å². The van der Waals surface area contributed by atoms with Crippen LogP contribution in [0.2, 0.25) is 5.02 Å². The molecule has 6 nitrogen and oxygen atoms in total. The Labute approximate surface area is 164 Å². The minimum absolute atomic E-state index is 0.154. The van der Waals surface area contributed by atoms with Crippen LogP contribution in [0.3, 0.4) is 0 Å². The monoisotopic (exact) mass is 408 g/mol. The third-order valence-electron chi connectivity index (χ3n) is 4.54. The summed E-state index contributed by atoms with van der Waals surface area (Å²) in [5, 5.41) is 3.35. The van der Waals surface area contributed by atoms with Crippen LogP contribution < -0.4 is 10.1 Å². The van der Waals surface area contributed by atoms with Crippen molar-refractivity contribution < 1.29 is 17.9 Å². The van der Waals surface area contributed by atoms with Gasteiger partial charge >= 0.3 is 0 Å². The van der Waals surface area contributed by atoms with Crippen LogP contribution in [0, 0.1) is 5.92 Å². The van der Waals surface area contributed by atoms with Crippen molar-refractivity contribution in [1.29, 1.82) is 0 Å². The Balaban J connectivity index is 1.71. The van der Waals surface area contributed by atoms with Crippen LogP contribution in [0.5, 0.6) is 5.75 Å². The van der Waals surface area contributed by atoms with E-state index in [4.69, 9.17) is 16.3 Å². The lowest BCUT2D eigenvalue weighted by Crippen LogP contribution is -2.43. The molecule has 0 radical (unpaired) electrons. The zero-order valence-electron chi connectivity index (χ0n) is 14.9. The molecule has 2 aromatic rings. The number of hydrogen-bond donors (Lipinski definition) is 1. The summed E-state index contributed by atoms with van der Waals surface area (Å²) in [6, 6.07) is 13.1. The molecule has 1 aliphatic heterocycles. The molecule has 0 saturated carbocycles. The third-order valence-corrected chi connectivity index (χ3v) is 6.66. The fraction of sp³-hybridized carbons (Fsp3) is 0.316. The van der Waals surface area contributed by atoms with Crippen molar-refractivity contribution in [2.45, 2.75) is 17.7 Å². The van der Waals surface area contributed by atoms with Gasteiger partial charge in [0, 0.05) is 23.8 Å². The Bertz CT molecular complexity index is 916. The lowest BCUT2D eigenvalue weighted by Gasteiger charge is -2.31. The Hall–Kier alpha value is -2.09. The Morgan fingerprint density at radius 2 is 1.96 bits per heavy atom. The molecule has 1 atom stereocenters. The van der Waals surface area contributed by atoms with Crippen molar-refractivity contribution >= 4 is 33.2 Å². The molecule has 0 bridgehead atoms. The molecule has 1 heterocycles. The van der Waals surface area contributed by atoms with Crippen LogP contribution in [0.25, 0.3) is 0 Å². The Morgan fingerprint density at radius 1 is 1.22 bits per heavy atom. The molecule has 0 aliphatic carbocycles. The predicted octanol–water partition coefficient (Wildman–Crippen LogP) is 3.39. The average molecular weight is 409 g/mol. The Morgan fingerprint density at radius 3 is 2.63 bits per heavy atom. The van der Waals surface area contributed by atoms with E-state index in [0.717, 1.165) is 0 Å². The van der Waals surface area contributed by atoms with E-state index in [9.17, 15) is 13.2 Å². The molecule has 3 rings (SSSR count). The number of halogens is 1. The number of methoxy groups -OCH3 is 1. The molecule has 0 spiro atoms. The van der Waals surface area contributed by atoms with Crippen LogP contribution in [-0.2, 0) is 14.8 Å². The van der Waals surface area contributed by atoms with Crippen molar-refractivity contribution in [3.05, 3.63) is 53.6 Å². The number of nitrogens with zero attached hydrogens (tertiary/aromatic N) is 1. The van der Waals surface area contributed by atoms with Crippen molar-refractivity contribution in [3.63, 3.8) is 0 Å². The first kappa shape index (κ1) is 19.7. The molecule has 27 heavy (non-hydrogen) atoms. The average Bonchev–Trinajstić information content (AvgIpc) is 2.68. The number of amides is 1. The van der Waals surface area contributed by atoms with Gasteiger partial charge in [0.2, 0.25) is 15.9 Å². The zero-order valence-corrected chi connectivity index (χ0v) is 16.5. The molecule has 0 aromatic heterocycles. The number of piperidine rings is 1. The largest absolute Gasteiger partial charge is 0.497 e. The SMILES string of the molecule is COc1ccc(S(=O)(=O)N2CCC[C@H](C(=O)Nc3cccc(Cl)c3)C2)cc1. The summed E-state index contributed by atoms with van der Waals surface area (Å²) in [5.41, 5.74) is 0.600. The fourth-order valence-corrected chi connectivity index (χ4v) is 4.80. The molecule has 1 amide bonds. The minimum Gasteiger partial charge on any atom is -0.497 e. The molecule has 144 valence electrons. The van der Waals surface area contributed by atoms with Crippen LogP contribution in [0.15, 0.2) is 53.4 Å². The van der Waals surface area contributed by atoms with Gasteiger partial charge in [-0.15, -0.1) is 0 Å². The standard InChI is InChI=1S/C19H21ClN2O4S/c1-26-17-7-9-18(10-8-17)27(24,25)22-11-3-4-14(13-22)19(23)21-16-6-2-5-15(20)12-16/h2,5-10,12,14H,3-4,11,13H2,1H3,(H,21,23)/t14-/m0/s1. The van der Waals surface area contributed by atoms with E-state index in [1.165, 1.54) is 23.5 Å². The summed E-state index contributed by atoms with van der Waals surface area (Å²) in [7, 11) is -2.13. The van der Waals surface area contributed by atoms with E-state index in [0.29, 0.717) is 35.8 Å². The number of rotatable bonds is 5. The van der Waals surface area contributed by atoms with E-state index in [1.807, 2.05) is 0 Å². The minimum atomic E-state index is -3.66. The highest BCUT2D eigenvalue weighted by Gasteiger charge is 2.33. The first-order chi connectivity index (χ1) is 12.9. The lowest BCUT2D eigenvalue weighted by molar-refractivity contribution is -0.120. The molecule has 1 N–H and O–H groups in total. The number of ether oxygens (including phenoxy) is 1. The molecule has 1 aliphatic rings. The van der Waals surface area contributed by atoms with E-state index in [2.05, 4.69) is 5.32 Å². The smallest absolute Gasteiger partial charge is 0.243 e. The summed E-state index contributed by atoms with van der Waals surface area (Å²) < 4.78 is 32.2. The van der Waals surface area contributed by atoms with Crippen molar-refractivity contribution in [1.82, 2.24) is 4.31 Å². The summed E-state index contributed by atoms with van der Waals surface area (Å²) in [6.45, 7) is 0.552. The van der Waals surface area contributed by atoms with Gasteiger partial charge in [-0.2, -0.15) is 4.31 Å². The van der Waals surface area contributed by atoms with Gasteiger partial charge < -0.3 is 10.1 Å². The van der Waals surface area contributed by atoms with E-state index >= 15 is 0 Å². The van der Waals surface area contributed by atoms with Gasteiger partial charge in [-0.3, -0.25) is 4.79 Å². The molecular formula is C19H21ClN2O4S. The second kappa shape index (κ2) is 8.29. The molecule has 8 heteroatoms. The van der Waals surface area contributed by atoms with Crippen LogP contribution in [0.1, 0.15) is 12.8 Å².